The number of nitrogens with zero attached hydrogens (tertiary/aromatic N) is 2. The first-order chi connectivity index (χ1) is 22.7. The van der Waals surface area contributed by atoms with Gasteiger partial charge in [-0.25, -0.2) is 4.98 Å². The molecule has 1 aromatic heterocycles. The topological polar surface area (TPSA) is 284 Å². The molecule has 48 heavy (non-hydrogen) atoms. The van der Waals surface area contributed by atoms with Crippen molar-refractivity contribution in [2.24, 2.45) is 23.1 Å². The second kappa shape index (κ2) is 16.3. The highest BCUT2D eigenvalue weighted by molar-refractivity contribution is 5.74. The third-order valence-electron chi connectivity index (χ3n) is 8.33. The predicted octanol–water partition coefficient (Wildman–Crippen LogP) is -0.588. The molecule has 4 aliphatic rings. The van der Waals surface area contributed by atoms with Crippen molar-refractivity contribution in [3.63, 3.8) is 0 Å². The molecule has 1 fully saturated rings. The molecule has 10 N–H and O–H groups in total. The van der Waals surface area contributed by atoms with Gasteiger partial charge in [0, 0.05) is 55.1 Å². The van der Waals surface area contributed by atoms with Crippen LogP contribution in [0.15, 0.2) is 36.8 Å². The molecule has 1 aromatic carbocycles. The largest absolute Gasteiger partial charge is 0.481 e. The summed E-state index contributed by atoms with van der Waals surface area (Å²) in [5, 5.41) is 23.6. The Labute approximate surface area is 276 Å². The molecule has 0 amide bonds. The average molecular weight is 675 g/mol. The van der Waals surface area contributed by atoms with E-state index in [0.717, 1.165) is 30.6 Å². The van der Waals surface area contributed by atoms with Crippen molar-refractivity contribution < 1.29 is 53.5 Å². The van der Waals surface area contributed by atoms with Crippen LogP contribution in [0.1, 0.15) is 37.1 Å². The molecule has 0 unspecified atom stereocenters. The SMILES string of the molecule is CC(=O)Oc1ccc2c3c1O[C@H]1[C@@H](OC(C)=O)C=C[C@H]4[C@@H](C2)N(C)CC[C@@]341.NCC(=O)O.NCC(=O)O.N[C@@H](Cc1cnc[nH]1)C(=O)O. The highest BCUT2D eigenvalue weighted by Crippen LogP contribution is 2.62. The number of imidazole rings is 1. The van der Waals surface area contributed by atoms with E-state index >= 15 is 0 Å². The lowest BCUT2D eigenvalue weighted by molar-refractivity contribution is -0.152. The zero-order chi connectivity index (χ0) is 35.8. The van der Waals surface area contributed by atoms with E-state index in [-0.39, 0.29) is 48.9 Å². The van der Waals surface area contributed by atoms with E-state index in [1.54, 1.807) is 6.20 Å². The summed E-state index contributed by atoms with van der Waals surface area (Å²) < 4.78 is 17.5. The van der Waals surface area contributed by atoms with Gasteiger partial charge in [0.1, 0.15) is 12.1 Å². The van der Waals surface area contributed by atoms with Gasteiger partial charge >= 0.3 is 29.8 Å². The summed E-state index contributed by atoms with van der Waals surface area (Å²) in [4.78, 5) is 60.9. The molecular weight excluding hydrogens is 632 g/mol. The first kappa shape index (κ1) is 37.6. The number of carboxylic acid groups (broad SMARTS) is 3. The van der Waals surface area contributed by atoms with E-state index in [1.807, 2.05) is 12.1 Å². The van der Waals surface area contributed by atoms with Gasteiger partial charge in [-0.1, -0.05) is 12.1 Å². The van der Waals surface area contributed by atoms with Crippen LogP contribution < -0.4 is 26.7 Å². The van der Waals surface area contributed by atoms with Crippen LogP contribution in [0, 0.1) is 5.92 Å². The van der Waals surface area contributed by atoms with Crippen molar-refractivity contribution in [1.29, 1.82) is 0 Å². The van der Waals surface area contributed by atoms with E-state index in [4.69, 9.17) is 35.3 Å². The van der Waals surface area contributed by atoms with Gasteiger partial charge in [0.2, 0.25) is 0 Å². The van der Waals surface area contributed by atoms with Gasteiger partial charge in [-0.3, -0.25) is 24.0 Å². The lowest BCUT2D eigenvalue weighted by Gasteiger charge is -2.56. The predicted molar refractivity (Wildman–Crippen MR) is 168 cm³/mol. The van der Waals surface area contributed by atoms with Crippen LogP contribution in [0.4, 0.5) is 0 Å². The third kappa shape index (κ3) is 8.54. The zero-order valence-corrected chi connectivity index (χ0v) is 26.8. The quantitative estimate of drug-likeness (QED) is 0.110. The van der Waals surface area contributed by atoms with Gasteiger partial charge < -0.3 is 56.6 Å². The molecule has 6 atom stereocenters. The fourth-order valence-corrected chi connectivity index (χ4v) is 6.46. The number of nitrogens with two attached hydrogens (primary N) is 3. The van der Waals surface area contributed by atoms with Gasteiger partial charge in [-0.15, -0.1) is 0 Å². The number of likely N-dealkylation sites (N-methyl/N-ethyl adjacent to an activating group) is 1. The molecule has 3 heterocycles. The Morgan fingerprint density at radius 3 is 2.25 bits per heavy atom. The Bertz CT molecular complexity index is 1500. The van der Waals surface area contributed by atoms with Crippen molar-refractivity contribution in [3.8, 4) is 11.5 Å². The number of carboxylic acids is 3. The van der Waals surface area contributed by atoms with Crippen LogP contribution in [0.2, 0.25) is 0 Å². The van der Waals surface area contributed by atoms with Crippen LogP contribution in [-0.4, -0.2) is 111 Å². The molecule has 2 aliphatic heterocycles. The second-order valence-electron chi connectivity index (χ2n) is 11.5. The molecule has 1 saturated heterocycles. The number of likely N-dealkylation sites (tertiary alicyclic amines) is 1. The summed E-state index contributed by atoms with van der Waals surface area (Å²) in [6.07, 6.45) is 8.64. The number of aromatic amines is 1. The van der Waals surface area contributed by atoms with Gasteiger partial charge in [-0.2, -0.15) is 0 Å². The van der Waals surface area contributed by atoms with Gasteiger partial charge in [0.25, 0.3) is 0 Å². The Morgan fingerprint density at radius 2 is 1.73 bits per heavy atom. The smallest absolute Gasteiger partial charge is 0.320 e. The number of esters is 2. The fraction of sp³-hybridized carbons (Fsp3) is 0.484. The fourth-order valence-electron chi connectivity index (χ4n) is 6.46. The number of H-pyrrole nitrogens is 1. The van der Waals surface area contributed by atoms with Gasteiger partial charge in [0.05, 0.1) is 19.4 Å². The zero-order valence-electron chi connectivity index (χ0n) is 26.8. The Morgan fingerprint density at radius 1 is 1.08 bits per heavy atom. The Hall–Kier alpha value is -4.84. The molecule has 6 rings (SSSR count). The van der Waals surface area contributed by atoms with Crippen LogP contribution >= 0.6 is 0 Å². The molecule has 2 bridgehead atoms. The third-order valence-corrected chi connectivity index (χ3v) is 8.33. The molecule has 17 nitrogen and oxygen atoms in total. The van der Waals surface area contributed by atoms with E-state index in [9.17, 15) is 24.0 Å². The molecule has 17 heteroatoms. The maximum atomic E-state index is 11.7. The van der Waals surface area contributed by atoms with E-state index in [2.05, 4.69) is 45.5 Å². The molecule has 0 radical (unpaired) electrons. The van der Waals surface area contributed by atoms with Crippen molar-refractivity contribution in [2.75, 3.05) is 26.7 Å². The number of piperidine rings is 1. The summed E-state index contributed by atoms with van der Waals surface area (Å²) in [7, 11) is 2.17. The molecule has 2 aromatic rings. The normalized spacial score (nSPS) is 24.3. The highest BCUT2D eigenvalue weighted by Gasteiger charge is 2.65. The number of nitrogens with one attached hydrogen (secondary N) is 1. The summed E-state index contributed by atoms with van der Waals surface area (Å²) in [6, 6.07) is 3.42. The van der Waals surface area contributed by atoms with Gasteiger partial charge in [-0.05, 0) is 44.1 Å². The summed E-state index contributed by atoms with van der Waals surface area (Å²) >= 11 is 0. The minimum absolute atomic E-state index is 0.245. The standard InChI is InChI=1S/C21H23NO5.C6H9N3O2.2C2H5NO2/c1-11(23)25-16-6-4-13-10-15-14-5-7-17(26-12(2)24)20-21(14,8-9-22(15)3)18(13)19(16)27-20;7-5(6(10)11)1-4-2-8-3-9-4;2*3-1-2(4)5/h4-7,14-15,17,20H,8-10H2,1-3H3;2-3,5H,1,7H2,(H,8,9)(H,10,11);2*1,3H2,(H,4,5)/t14-,15+,17-,20-,21-;5-;;/m00../s1. The summed E-state index contributed by atoms with van der Waals surface area (Å²) in [5.74, 6) is -2.22. The van der Waals surface area contributed by atoms with Crippen molar-refractivity contribution in [1.82, 2.24) is 14.9 Å². The van der Waals surface area contributed by atoms with Crippen molar-refractivity contribution in [2.45, 2.75) is 62.8 Å². The van der Waals surface area contributed by atoms with Crippen LogP contribution in [0.5, 0.6) is 11.5 Å². The number of carbonyl (C=O) groups is 5. The van der Waals surface area contributed by atoms with E-state index in [1.165, 1.54) is 25.7 Å². The minimum Gasteiger partial charge on any atom is -0.481 e. The van der Waals surface area contributed by atoms with Crippen molar-refractivity contribution in [3.05, 3.63) is 53.6 Å². The number of ether oxygens (including phenoxy) is 3. The van der Waals surface area contributed by atoms with Crippen LogP contribution in [0.3, 0.4) is 0 Å². The molecular formula is C31H42N6O11. The molecule has 2 aliphatic carbocycles. The molecule has 262 valence electrons. The number of aliphatic carboxylic acids is 3. The highest BCUT2D eigenvalue weighted by atomic mass is 16.6. The number of carbonyl (C=O) groups excluding carboxylic acids is 2. The molecule has 0 saturated carbocycles. The average Bonchev–Trinajstić information content (AvgIpc) is 3.67. The number of hydrogen-bond acceptors (Lipinski definition) is 13. The molecule has 1 spiro atoms. The van der Waals surface area contributed by atoms with Crippen LogP contribution in [-0.2, 0) is 47.0 Å². The number of rotatable bonds is 7. The maximum absolute atomic E-state index is 11.7. The number of hydrogen-bond donors (Lipinski definition) is 7. The maximum Gasteiger partial charge on any atom is 0.320 e. The van der Waals surface area contributed by atoms with E-state index < -0.39 is 30.1 Å². The Kier molecular flexibility index (Phi) is 12.8. The lowest BCUT2D eigenvalue weighted by Crippen LogP contribution is -2.65. The Balaban J connectivity index is 0.000000245. The number of benzene rings is 1. The van der Waals surface area contributed by atoms with E-state index in [0.29, 0.717) is 17.5 Å². The monoisotopic (exact) mass is 674 g/mol. The number of aromatic nitrogens is 2. The first-order valence-corrected chi connectivity index (χ1v) is 15.0. The first-order valence-electron chi connectivity index (χ1n) is 15.0. The lowest BCUT2D eigenvalue weighted by atomic mass is 9.53. The van der Waals surface area contributed by atoms with Gasteiger partial charge in [0.15, 0.2) is 17.6 Å². The second-order valence-corrected chi connectivity index (χ2v) is 11.5. The van der Waals surface area contributed by atoms with Crippen molar-refractivity contribution >= 4 is 29.8 Å². The summed E-state index contributed by atoms with van der Waals surface area (Å²) in [5.41, 5.74) is 17.3. The summed E-state index contributed by atoms with van der Waals surface area (Å²) in [6.45, 7) is 3.22. The van der Waals surface area contributed by atoms with Crippen LogP contribution in [0.25, 0.3) is 0 Å². The minimum atomic E-state index is -1.00.